The largest absolute Gasteiger partial charge is 0.351 e. The maximum atomic E-state index is 5.17. The van der Waals surface area contributed by atoms with Crippen LogP contribution in [0.5, 0.6) is 0 Å². The van der Waals surface area contributed by atoms with Crippen molar-refractivity contribution in [3.63, 3.8) is 0 Å². The van der Waals surface area contributed by atoms with E-state index in [1.165, 1.54) is 0 Å². The van der Waals surface area contributed by atoms with E-state index in [1.54, 1.807) is 6.08 Å². The molecule has 1 aliphatic rings. The highest BCUT2D eigenvalue weighted by molar-refractivity contribution is 5.20. The Hall–Kier alpha value is -0.740. The molecule has 1 rings (SSSR count). The van der Waals surface area contributed by atoms with Crippen molar-refractivity contribution < 1.29 is 4.74 Å². The summed E-state index contributed by atoms with van der Waals surface area (Å²) in [6.45, 7) is 9.89. The maximum Gasteiger partial charge on any atom is 0.148 e. The van der Waals surface area contributed by atoms with Gasteiger partial charge in [-0.1, -0.05) is 17.9 Å². The van der Waals surface area contributed by atoms with Crippen molar-refractivity contribution in [3.05, 3.63) is 12.7 Å². The number of hydrogen-bond acceptors (Lipinski definition) is 1. The van der Waals surface area contributed by atoms with E-state index in [1.807, 2.05) is 0 Å². The van der Waals surface area contributed by atoms with Crippen molar-refractivity contribution in [3.8, 4) is 11.8 Å². The molecule has 1 fully saturated rings. The van der Waals surface area contributed by atoms with Crippen molar-refractivity contribution in [2.24, 2.45) is 5.41 Å². The molecule has 0 aliphatic carbocycles. The Morgan fingerprint density at radius 1 is 1.45 bits per heavy atom. The van der Waals surface area contributed by atoms with Crippen LogP contribution in [0.2, 0.25) is 0 Å². The fraction of sp³-hybridized carbons (Fsp3) is 0.600. The molecule has 1 heteroatoms. The number of hydrogen-bond donors (Lipinski definition) is 0. The number of ether oxygens (including phenoxy) is 1. The fourth-order valence-corrected chi connectivity index (χ4v) is 0.707. The third-order valence-electron chi connectivity index (χ3n) is 1.35. The summed E-state index contributed by atoms with van der Waals surface area (Å²) in [5, 5.41) is 0. The normalized spacial score (nSPS) is 28.6. The van der Waals surface area contributed by atoms with E-state index in [0.29, 0.717) is 0 Å². The molecule has 0 N–H and O–H groups in total. The predicted molar refractivity (Wildman–Crippen MR) is 46.1 cm³/mol. The van der Waals surface area contributed by atoms with Gasteiger partial charge in [0.15, 0.2) is 0 Å². The van der Waals surface area contributed by atoms with Gasteiger partial charge in [0, 0.05) is 5.41 Å². The lowest BCUT2D eigenvalue weighted by atomic mass is 9.98. The standard InChI is InChI=1S/C10H14O/c1-5-8-9(11-8)6-7-10(2,3)4/h5,8-9H,1H2,2-4H3/t8-,9-/m0/s1. The fourth-order valence-electron chi connectivity index (χ4n) is 0.707. The predicted octanol–water partition coefficient (Wildman–Crippen LogP) is 1.99. The first kappa shape index (κ1) is 8.36. The minimum Gasteiger partial charge on any atom is -0.351 e. The molecule has 11 heavy (non-hydrogen) atoms. The zero-order valence-electron chi connectivity index (χ0n) is 7.35. The van der Waals surface area contributed by atoms with E-state index in [0.717, 1.165) is 0 Å². The van der Waals surface area contributed by atoms with Crippen LogP contribution in [0, 0.1) is 17.3 Å². The zero-order chi connectivity index (χ0) is 8.48. The van der Waals surface area contributed by atoms with Crippen LogP contribution in [-0.2, 0) is 4.74 Å². The molecule has 0 aromatic carbocycles. The summed E-state index contributed by atoms with van der Waals surface area (Å²) in [7, 11) is 0. The molecule has 1 aliphatic heterocycles. The van der Waals surface area contributed by atoms with Gasteiger partial charge in [0.05, 0.1) is 0 Å². The molecule has 1 nitrogen and oxygen atoms in total. The van der Waals surface area contributed by atoms with E-state index in [9.17, 15) is 0 Å². The van der Waals surface area contributed by atoms with E-state index in [-0.39, 0.29) is 17.6 Å². The van der Waals surface area contributed by atoms with Crippen LogP contribution >= 0.6 is 0 Å². The molecule has 2 atom stereocenters. The maximum absolute atomic E-state index is 5.17. The lowest BCUT2D eigenvalue weighted by molar-refractivity contribution is 0.417. The first-order chi connectivity index (χ1) is 5.03. The molecule has 0 bridgehead atoms. The van der Waals surface area contributed by atoms with Crippen LogP contribution in [-0.4, -0.2) is 12.2 Å². The van der Waals surface area contributed by atoms with E-state index in [4.69, 9.17) is 4.74 Å². The van der Waals surface area contributed by atoms with Gasteiger partial charge in [-0.3, -0.25) is 0 Å². The summed E-state index contributed by atoms with van der Waals surface area (Å²) in [6, 6.07) is 0. The van der Waals surface area contributed by atoms with Gasteiger partial charge in [0.1, 0.15) is 12.2 Å². The zero-order valence-corrected chi connectivity index (χ0v) is 7.35. The molecule has 0 saturated carbocycles. The number of epoxide rings is 1. The van der Waals surface area contributed by atoms with Crippen molar-refractivity contribution in [1.82, 2.24) is 0 Å². The van der Waals surface area contributed by atoms with E-state index in [2.05, 4.69) is 39.2 Å². The van der Waals surface area contributed by atoms with Gasteiger partial charge in [0.2, 0.25) is 0 Å². The molecular formula is C10H14O. The summed E-state index contributed by atoms with van der Waals surface area (Å²) >= 11 is 0. The average molecular weight is 150 g/mol. The summed E-state index contributed by atoms with van der Waals surface area (Å²) in [6.07, 6.45) is 2.10. The van der Waals surface area contributed by atoms with Crippen molar-refractivity contribution in [1.29, 1.82) is 0 Å². The highest BCUT2D eigenvalue weighted by Gasteiger charge is 2.34. The Kier molecular flexibility index (Phi) is 2.06. The molecule has 0 aromatic rings. The van der Waals surface area contributed by atoms with Gasteiger partial charge < -0.3 is 4.74 Å². The van der Waals surface area contributed by atoms with Crippen LogP contribution in [0.4, 0.5) is 0 Å². The lowest BCUT2D eigenvalue weighted by Gasteiger charge is -2.06. The highest BCUT2D eigenvalue weighted by Crippen LogP contribution is 2.22. The van der Waals surface area contributed by atoms with Crippen LogP contribution < -0.4 is 0 Å². The molecule has 0 unspecified atom stereocenters. The summed E-state index contributed by atoms with van der Waals surface area (Å²) in [4.78, 5) is 0. The van der Waals surface area contributed by atoms with Gasteiger partial charge in [-0.25, -0.2) is 0 Å². The minimum atomic E-state index is 0.0810. The third-order valence-corrected chi connectivity index (χ3v) is 1.35. The summed E-state index contributed by atoms with van der Waals surface area (Å²) < 4.78 is 5.17. The molecule has 60 valence electrons. The van der Waals surface area contributed by atoms with E-state index >= 15 is 0 Å². The second-order valence-electron chi connectivity index (χ2n) is 3.78. The first-order valence-electron chi connectivity index (χ1n) is 3.83. The Morgan fingerprint density at radius 2 is 2.09 bits per heavy atom. The van der Waals surface area contributed by atoms with Crippen LogP contribution in [0.25, 0.3) is 0 Å². The van der Waals surface area contributed by atoms with Gasteiger partial charge in [0.25, 0.3) is 0 Å². The molecule has 0 spiro atoms. The minimum absolute atomic E-state index is 0.0810. The first-order valence-corrected chi connectivity index (χ1v) is 3.83. The molecule has 1 saturated heterocycles. The van der Waals surface area contributed by atoms with Gasteiger partial charge >= 0.3 is 0 Å². The van der Waals surface area contributed by atoms with Crippen LogP contribution in [0.1, 0.15) is 20.8 Å². The number of rotatable bonds is 1. The molecular weight excluding hydrogens is 136 g/mol. The third kappa shape index (κ3) is 2.78. The topological polar surface area (TPSA) is 12.5 Å². The Bertz CT molecular complexity index is 211. The second-order valence-corrected chi connectivity index (χ2v) is 3.78. The highest BCUT2D eigenvalue weighted by atomic mass is 16.6. The lowest BCUT2D eigenvalue weighted by Crippen LogP contribution is -2.00. The van der Waals surface area contributed by atoms with Crippen molar-refractivity contribution >= 4 is 0 Å². The second kappa shape index (κ2) is 2.71. The average Bonchev–Trinajstić information content (AvgIpc) is 2.60. The molecule has 0 amide bonds. The molecule has 0 radical (unpaired) electrons. The van der Waals surface area contributed by atoms with Crippen LogP contribution in [0.3, 0.4) is 0 Å². The SMILES string of the molecule is C=C[C@@H]1O[C@H]1C#CC(C)(C)C. The smallest absolute Gasteiger partial charge is 0.148 e. The van der Waals surface area contributed by atoms with Crippen molar-refractivity contribution in [2.75, 3.05) is 0 Å². The Labute approximate surface area is 68.4 Å². The Morgan fingerprint density at radius 3 is 2.45 bits per heavy atom. The molecule has 0 aromatic heterocycles. The summed E-state index contributed by atoms with van der Waals surface area (Å²) in [5.41, 5.74) is 0.0810. The van der Waals surface area contributed by atoms with Gasteiger partial charge in [-0.15, -0.1) is 6.58 Å². The monoisotopic (exact) mass is 150 g/mol. The quantitative estimate of drug-likeness (QED) is 0.316. The molecule has 1 heterocycles. The van der Waals surface area contributed by atoms with E-state index < -0.39 is 0 Å². The summed E-state index contributed by atoms with van der Waals surface area (Å²) in [5.74, 6) is 6.18. The van der Waals surface area contributed by atoms with Crippen molar-refractivity contribution in [2.45, 2.75) is 33.0 Å². The Balaban J connectivity index is 2.42. The van der Waals surface area contributed by atoms with Gasteiger partial charge in [-0.2, -0.15) is 0 Å². The van der Waals surface area contributed by atoms with Crippen LogP contribution in [0.15, 0.2) is 12.7 Å². The van der Waals surface area contributed by atoms with Gasteiger partial charge in [-0.05, 0) is 20.8 Å².